The minimum Gasteiger partial charge on any atom is -0.399 e. The van der Waals surface area contributed by atoms with Crippen LogP contribution in [0.1, 0.15) is 47.0 Å². The summed E-state index contributed by atoms with van der Waals surface area (Å²) in [5.74, 6) is 0.617. The Balaban J connectivity index is 1.03. The first-order valence-corrected chi connectivity index (χ1v) is 21.6. The molecule has 3 saturated heterocycles. The number of ether oxygens (including phenoxy) is 2. The number of piperazine rings is 1. The molecule has 4 heterocycles. The number of hydrogen-bond donors (Lipinski definition) is 1. The minimum atomic E-state index is -2.95. The van der Waals surface area contributed by atoms with E-state index in [0.29, 0.717) is 37.1 Å². The van der Waals surface area contributed by atoms with Crippen molar-refractivity contribution >= 4 is 58.5 Å². The van der Waals surface area contributed by atoms with Crippen molar-refractivity contribution in [2.75, 3.05) is 56.3 Å². The van der Waals surface area contributed by atoms with E-state index in [1.165, 1.54) is 10.4 Å². The summed E-state index contributed by atoms with van der Waals surface area (Å²) < 4.78 is 19.3. The Morgan fingerprint density at radius 1 is 1.00 bits per heavy atom. The van der Waals surface area contributed by atoms with Crippen LogP contribution in [0.3, 0.4) is 0 Å². The molecule has 54 heavy (non-hydrogen) atoms. The van der Waals surface area contributed by atoms with Gasteiger partial charge in [-0.05, 0) is 70.6 Å². The zero-order chi connectivity index (χ0) is 37.7. The highest BCUT2D eigenvalue weighted by Crippen LogP contribution is 2.59. The lowest BCUT2D eigenvalue weighted by atomic mass is 9.93. The number of anilines is 2. The van der Waals surface area contributed by atoms with Gasteiger partial charge in [-0.15, -0.1) is 0 Å². The van der Waals surface area contributed by atoms with Gasteiger partial charge in [-0.25, -0.2) is 4.98 Å². The molecule has 1 amide bonds. The van der Waals surface area contributed by atoms with Gasteiger partial charge in [-0.2, -0.15) is 5.26 Å². The third-order valence-electron chi connectivity index (χ3n) is 12.6. The van der Waals surface area contributed by atoms with Gasteiger partial charge >= 0.3 is 0 Å². The van der Waals surface area contributed by atoms with Gasteiger partial charge in [0.1, 0.15) is 11.9 Å². The summed E-state index contributed by atoms with van der Waals surface area (Å²) in [6, 6.07) is 30.0. The molecular formula is C43H50ClN5O4Si. The van der Waals surface area contributed by atoms with Gasteiger partial charge < -0.3 is 24.1 Å². The van der Waals surface area contributed by atoms with Crippen LogP contribution in [0.4, 0.5) is 11.5 Å². The molecule has 1 spiro atoms. The number of hydrogen-bond acceptors (Lipinski definition) is 8. The normalized spacial score (nSPS) is 25.8. The molecule has 282 valence electrons. The van der Waals surface area contributed by atoms with Crippen molar-refractivity contribution in [1.82, 2.24) is 9.88 Å². The van der Waals surface area contributed by atoms with Crippen molar-refractivity contribution in [2.45, 2.75) is 69.7 Å². The number of nitrogens with one attached hydrogen (secondary N) is 1. The predicted molar refractivity (Wildman–Crippen MR) is 216 cm³/mol. The van der Waals surface area contributed by atoms with Crippen LogP contribution in [0.15, 0.2) is 85.1 Å². The van der Waals surface area contributed by atoms with Crippen LogP contribution < -0.4 is 20.6 Å². The van der Waals surface area contributed by atoms with Crippen molar-refractivity contribution in [1.29, 1.82) is 5.26 Å². The van der Waals surface area contributed by atoms with E-state index < -0.39 is 20.0 Å². The second kappa shape index (κ2) is 14.4. The second-order valence-electron chi connectivity index (χ2n) is 16.8. The molecule has 3 unspecified atom stereocenters. The monoisotopic (exact) mass is 763 g/mol. The Bertz CT molecular complexity index is 2010. The van der Waals surface area contributed by atoms with Crippen LogP contribution in [0.5, 0.6) is 0 Å². The van der Waals surface area contributed by atoms with Crippen molar-refractivity contribution in [3.05, 3.63) is 90.1 Å². The first-order valence-electron chi connectivity index (χ1n) is 19.3. The largest absolute Gasteiger partial charge is 0.399 e. The fraction of sp³-hybridized carbons (Fsp3) is 0.465. The number of pyridine rings is 1. The standard InChI is InChI=1S/C43H50ClN5O4Si/c1-30-26-48(43(28-45)29-52-27-38(43)53-54(41(2,3)4,33-11-7-5-8-12-33)34-13-9-6-10-14-34)17-18-49(30)37-22-31-23-39(46-25-32(31)21-36(37)44)47-40(50)35-24-42(35)15-19-51-20-16-42/h5-14,21-23,25,30,35,38H,15-20,24,26-27,29H2,1-4H3,(H,46,47,50)/t30-,35?,38?,43?/m0/s1. The number of benzene rings is 3. The van der Waals surface area contributed by atoms with Crippen LogP contribution >= 0.6 is 11.6 Å². The molecule has 1 N–H and O–H groups in total. The maximum Gasteiger partial charge on any atom is 0.261 e. The maximum absolute atomic E-state index is 13.2. The number of halogens is 1. The molecule has 8 rings (SSSR count). The number of nitriles is 1. The lowest BCUT2D eigenvalue weighted by molar-refractivity contribution is -0.118. The van der Waals surface area contributed by atoms with E-state index in [4.69, 9.17) is 25.5 Å². The number of carbonyl (C=O) groups is 1. The summed E-state index contributed by atoms with van der Waals surface area (Å²) in [4.78, 5) is 22.4. The fourth-order valence-electron chi connectivity index (χ4n) is 9.44. The van der Waals surface area contributed by atoms with E-state index in [2.05, 4.69) is 108 Å². The molecule has 1 saturated carbocycles. The number of rotatable bonds is 8. The summed E-state index contributed by atoms with van der Waals surface area (Å²) in [7, 11) is -2.95. The molecule has 4 aliphatic rings. The summed E-state index contributed by atoms with van der Waals surface area (Å²) >= 11 is 6.98. The molecule has 4 fully saturated rings. The van der Waals surface area contributed by atoms with E-state index in [1.807, 2.05) is 24.3 Å². The molecule has 4 atom stereocenters. The van der Waals surface area contributed by atoms with Gasteiger partial charge in [0.05, 0.1) is 30.0 Å². The number of carbonyl (C=O) groups excluding carboxylic acids is 1. The Hall–Kier alpha value is -3.82. The van der Waals surface area contributed by atoms with Crippen molar-refractivity contribution in [3.63, 3.8) is 0 Å². The third kappa shape index (κ3) is 6.43. The second-order valence-corrected chi connectivity index (χ2v) is 21.4. The Kier molecular flexibility index (Phi) is 9.87. The quantitative estimate of drug-likeness (QED) is 0.206. The molecule has 1 aromatic heterocycles. The van der Waals surface area contributed by atoms with Gasteiger partial charge in [0.15, 0.2) is 5.54 Å². The number of amides is 1. The van der Waals surface area contributed by atoms with E-state index >= 15 is 0 Å². The Morgan fingerprint density at radius 2 is 1.69 bits per heavy atom. The fourth-order valence-corrected chi connectivity index (χ4v) is 14.4. The molecule has 11 heteroatoms. The van der Waals surface area contributed by atoms with Crippen LogP contribution in [0.2, 0.25) is 10.1 Å². The van der Waals surface area contributed by atoms with Crippen LogP contribution in [0, 0.1) is 22.7 Å². The summed E-state index contributed by atoms with van der Waals surface area (Å²) in [6.45, 7) is 13.0. The summed E-state index contributed by atoms with van der Waals surface area (Å²) in [5.41, 5.74) is 0.0712. The maximum atomic E-state index is 13.2. The first kappa shape index (κ1) is 37.1. The number of fused-ring (bicyclic) bond motifs is 1. The Morgan fingerprint density at radius 3 is 2.31 bits per heavy atom. The highest BCUT2D eigenvalue weighted by Gasteiger charge is 2.59. The SMILES string of the molecule is C[C@H]1CN(C2(C#N)COCC2O[Si](c2ccccc2)(c2ccccc2)C(C)(C)C)CCN1c1cc2cc(NC(=O)C3CC34CCOCC4)ncc2cc1Cl. The van der Waals surface area contributed by atoms with E-state index in [0.717, 1.165) is 48.9 Å². The smallest absolute Gasteiger partial charge is 0.261 e. The molecule has 9 nitrogen and oxygen atoms in total. The van der Waals surface area contributed by atoms with Crippen molar-refractivity contribution in [2.24, 2.45) is 11.3 Å². The zero-order valence-corrected chi connectivity index (χ0v) is 33.4. The van der Waals surface area contributed by atoms with Gasteiger partial charge in [-0.1, -0.05) is 93.0 Å². The van der Waals surface area contributed by atoms with Crippen molar-refractivity contribution < 1.29 is 18.7 Å². The van der Waals surface area contributed by atoms with Crippen LogP contribution in [-0.4, -0.2) is 87.9 Å². The summed E-state index contributed by atoms with van der Waals surface area (Å²) in [6.07, 6.45) is 4.14. The number of nitrogens with zero attached hydrogens (tertiary/aromatic N) is 4. The molecule has 4 aromatic rings. The van der Waals surface area contributed by atoms with Crippen LogP contribution in [0.25, 0.3) is 10.8 Å². The van der Waals surface area contributed by atoms with Gasteiger partial charge in [0.25, 0.3) is 8.32 Å². The molecule has 0 bridgehead atoms. The lowest BCUT2D eigenvalue weighted by Crippen LogP contribution is -2.71. The topological polar surface area (TPSA) is 100.0 Å². The molecule has 3 aliphatic heterocycles. The highest BCUT2D eigenvalue weighted by atomic mass is 35.5. The minimum absolute atomic E-state index is 0.0210. The van der Waals surface area contributed by atoms with Gasteiger partial charge in [0.2, 0.25) is 5.91 Å². The predicted octanol–water partition coefficient (Wildman–Crippen LogP) is 6.39. The first-order chi connectivity index (χ1) is 26.0. The molecule has 1 aliphatic carbocycles. The molecular weight excluding hydrogens is 714 g/mol. The van der Waals surface area contributed by atoms with Gasteiger partial charge in [-0.3, -0.25) is 9.69 Å². The average Bonchev–Trinajstić information content (AvgIpc) is 3.70. The molecule has 0 radical (unpaired) electrons. The highest BCUT2D eigenvalue weighted by molar-refractivity contribution is 6.99. The average molecular weight is 764 g/mol. The van der Waals surface area contributed by atoms with E-state index in [1.54, 1.807) is 6.20 Å². The summed E-state index contributed by atoms with van der Waals surface area (Å²) in [5, 5.41) is 18.8. The third-order valence-corrected chi connectivity index (χ3v) is 17.9. The Labute approximate surface area is 324 Å². The molecule has 3 aromatic carbocycles. The van der Waals surface area contributed by atoms with Crippen molar-refractivity contribution in [3.8, 4) is 6.07 Å². The van der Waals surface area contributed by atoms with E-state index in [9.17, 15) is 10.1 Å². The number of aromatic nitrogens is 1. The van der Waals surface area contributed by atoms with Gasteiger partial charge in [0, 0.05) is 56.4 Å². The van der Waals surface area contributed by atoms with E-state index in [-0.39, 0.29) is 34.9 Å². The van der Waals surface area contributed by atoms with Crippen LogP contribution in [-0.2, 0) is 18.7 Å². The zero-order valence-electron chi connectivity index (χ0n) is 31.7. The lowest BCUT2D eigenvalue weighted by Gasteiger charge is -2.50.